The lowest BCUT2D eigenvalue weighted by Gasteiger charge is -2.02. The average molecular weight is 366 g/mol. The minimum Gasteiger partial charge on any atom is -0.494 e. The molecule has 1 N–H and O–H groups in total. The summed E-state index contributed by atoms with van der Waals surface area (Å²) in [5.41, 5.74) is 0.0780. The van der Waals surface area contributed by atoms with Gasteiger partial charge in [-0.25, -0.2) is 0 Å². The number of carbonyl (C=O) groups excluding carboxylic acids is 3. The molecule has 3 aromatic rings. The Bertz CT molecular complexity index is 1140. The van der Waals surface area contributed by atoms with E-state index < -0.39 is 22.5 Å². The van der Waals surface area contributed by atoms with Gasteiger partial charge in [0.2, 0.25) is 11.8 Å². The largest absolute Gasteiger partial charge is 0.494 e. The molecule has 0 saturated carbocycles. The van der Waals surface area contributed by atoms with E-state index in [4.69, 9.17) is 0 Å². The second-order valence-corrected chi connectivity index (χ2v) is 5.98. The van der Waals surface area contributed by atoms with Crippen molar-refractivity contribution in [2.45, 2.75) is 13.8 Å². The van der Waals surface area contributed by atoms with Gasteiger partial charge in [0.05, 0.1) is 16.0 Å². The third kappa shape index (κ3) is 2.97. The Morgan fingerprint density at radius 3 is 2.33 bits per heavy atom. The van der Waals surface area contributed by atoms with Gasteiger partial charge in [0.25, 0.3) is 5.69 Å². The molecule has 0 radical (unpaired) electrons. The molecule has 136 valence electrons. The third-order valence-electron chi connectivity index (χ3n) is 4.21. The van der Waals surface area contributed by atoms with Gasteiger partial charge < -0.3 is 5.11 Å². The van der Waals surface area contributed by atoms with Crippen molar-refractivity contribution in [2.24, 2.45) is 0 Å². The third-order valence-corrected chi connectivity index (χ3v) is 4.21. The zero-order valence-electron chi connectivity index (χ0n) is 14.4. The van der Waals surface area contributed by atoms with Crippen molar-refractivity contribution in [1.82, 2.24) is 4.57 Å². The summed E-state index contributed by atoms with van der Waals surface area (Å²) in [6.45, 7) is 2.57. The highest BCUT2D eigenvalue weighted by molar-refractivity contribution is 6.20. The molecular weight excluding hydrogens is 352 g/mol. The van der Waals surface area contributed by atoms with Crippen LogP contribution in [0.5, 0.6) is 5.88 Å². The first-order valence-electron chi connectivity index (χ1n) is 7.90. The van der Waals surface area contributed by atoms with Crippen molar-refractivity contribution in [1.29, 1.82) is 0 Å². The van der Waals surface area contributed by atoms with Crippen molar-refractivity contribution in [3.63, 3.8) is 0 Å². The number of nitro groups is 1. The zero-order valence-corrected chi connectivity index (χ0v) is 14.4. The molecule has 0 amide bonds. The normalized spacial score (nSPS) is 10.7. The van der Waals surface area contributed by atoms with Crippen LogP contribution < -0.4 is 0 Å². The molecule has 0 atom stereocenters. The van der Waals surface area contributed by atoms with Gasteiger partial charge >= 0.3 is 0 Å². The summed E-state index contributed by atoms with van der Waals surface area (Å²) in [7, 11) is 0. The van der Waals surface area contributed by atoms with Crippen LogP contribution in [0.15, 0.2) is 42.5 Å². The van der Waals surface area contributed by atoms with E-state index >= 15 is 0 Å². The number of hydrogen-bond acceptors (Lipinski definition) is 6. The first-order valence-corrected chi connectivity index (χ1v) is 7.90. The number of nitrogens with zero attached hydrogens (tertiary/aromatic N) is 2. The van der Waals surface area contributed by atoms with Crippen molar-refractivity contribution in [3.05, 3.63) is 69.3 Å². The highest BCUT2D eigenvalue weighted by Crippen LogP contribution is 2.34. The number of benzene rings is 2. The smallest absolute Gasteiger partial charge is 0.270 e. The van der Waals surface area contributed by atoms with Crippen LogP contribution >= 0.6 is 0 Å². The average Bonchev–Trinajstić information content (AvgIpc) is 2.92. The minimum atomic E-state index is -0.693. The Morgan fingerprint density at radius 2 is 1.74 bits per heavy atom. The van der Waals surface area contributed by atoms with Gasteiger partial charge in [0.15, 0.2) is 11.6 Å². The van der Waals surface area contributed by atoms with E-state index in [1.165, 1.54) is 50.2 Å². The molecule has 1 aromatic heterocycles. The zero-order chi connectivity index (χ0) is 19.9. The Hall–Kier alpha value is -3.81. The number of aromatic nitrogens is 1. The fraction of sp³-hybridized carbons (Fsp3) is 0.105. The number of aromatic hydroxyl groups is 1. The molecule has 0 saturated heterocycles. The summed E-state index contributed by atoms with van der Waals surface area (Å²) >= 11 is 0. The number of hydrogen-bond donors (Lipinski definition) is 1. The van der Waals surface area contributed by atoms with Crippen LogP contribution in [0, 0.1) is 10.1 Å². The first-order chi connectivity index (χ1) is 12.7. The van der Waals surface area contributed by atoms with E-state index in [-0.39, 0.29) is 33.5 Å². The van der Waals surface area contributed by atoms with Gasteiger partial charge in [-0.05, 0) is 25.1 Å². The Labute approximate surface area is 152 Å². The predicted molar refractivity (Wildman–Crippen MR) is 96.4 cm³/mol. The number of nitro benzene ring substituents is 1. The standard InChI is InChI=1S/C19H14N2O6/c1-10(22)12-6-7-16-15(9-12)17(19(25)20(16)11(2)23)18(24)13-4-3-5-14(8-13)21(26)27/h3-9,25H,1-2H3. The summed E-state index contributed by atoms with van der Waals surface area (Å²) in [5.74, 6) is -2.04. The van der Waals surface area contributed by atoms with Crippen LogP contribution in [0.25, 0.3) is 10.9 Å². The van der Waals surface area contributed by atoms with E-state index in [0.717, 1.165) is 10.6 Å². The van der Waals surface area contributed by atoms with Gasteiger partial charge in [-0.15, -0.1) is 0 Å². The van der Waals surface area contributed by atoms with Gasteiger partial charge in [-0.3, -0.25) is 29.1 Å². The van der Waals surface area contributed by atoms with Crippen LogP contribution in [0.2, 0.25) is 0 Å². The first kappa shape index (κ1) is 18.0. The van der Waals surface area contributed by atoms with Crippen molar-refractivity contribution in [3.8, 4) is 5.88 Å². The number of carbonyl (C=O) groups is 3. The van der Waals surface area contributed by atoms with Crippen molar-refractivity contribution < 1.29 is 24.4 Å². The van der Waals surface area contributed by atoms with E-state index in [0.29, 0.717) is 5.56 Å². The molecule has 0 aliphatic carbocycles. The van der Waals surface area contributed by atoms with Crippen LogP contribution in [0.1, 0.15) is 44.9 Å². The maximum Gasteiger partial charge on any atom is 0.270 e. The molecule has 0 bridgehead atoms. The number of Topliss-reactive ketones (excluding diaryl/α,β-unsaturated/α-hetero) is 1. The molecule has 8 nitrogen and oxygen atoms in total. The van der Waals surface area contributed by atoms with Gasteiger partial charge in [-0.2, -0.15) is 0 Å². The highest BCUT2D eigenvalue weighted by Gasteiger charge is 2.26. The van der Waals surface area contributed by atoms with Gasteiger partial charge in [0.1, 0.15) is 0 Å². The monoisotopic (exact) mass is 366 g/mol. The summed E-state index contributed by atoms with van der Waals surface area (Å²) in [6, 6.07) is 9.44. The topological polar surface area (TPSA) is 120 Å². The molecule has 2 aromatic carbocycles. The molecule has 0 unspecified atom stereocenters. The fourth-order valence-corrected chi connectivity index (χ4v) is 2.94. The maximum absolute atomic E-state index is 13.0. The quantitative estimate of drug-likeness (QED) is 0.429. The summed E-state index contributed by atoms with van der Waals surface area (Å²) in [6.07, 6.45) is 0. The van der Waals surface area contributed by atoms with E-state index in [9.17, 15) is 29.6 Å². The number of rotatable bonds is 4. The van der Waals surface area contributed by atoms with Crippen LogP contribution in [-0.4, -0.2) is 32.1 Å². The van der Waals surface area contributed by atoms with Crippen LogP contribution in [-0.2, 0) is 0 Å². The van der Waals surface area contributed by atoms with Gasteiger partial charge in [0, 0.05) is 35.6 Å². The second kappa shape index (κ2) is 6.49. The van der Waals surface area contributed by atoms with E-state index in [1.807, 2.05) is 0 Å². The number of fused-ring (bicyclic) bond motifs is 1. The summed E-state index contributed by atoms with van der Waals surface area (Å²) in [5, 5.41) is 21.7. The molecule has 0 fully saturated rings. The lowest BCUT2D eigenvalue weighted by Crippen LogP contribution is -2.06. The lowest BCUT2D eigenvalue weighted by molar-refractivity contribution is -0.384. The molecule has 1 heterocycles. The van der Waals surface area contributed by atoms with Crippen molar-refractivity contribution >= 4 is 34.1 Å². The molecule has 0 aliphatic heterocycles. The Balaban J connectivity index is 2.31. The SMILES string of the molecule is CC(=O)c1ccc2c(c1)c(C(=O)c1cccc([N+](=O)[O-])c1)c(O)n2C(C)=O. The molecule has 0 spiro atoms. The lowest BCUT2D eigenvalue weighted by atomic mass is 10.00. The summed E-state index contributed by atoms with van der Waals surface area (Å²) < 4.78 is 0.962. The van der Waals surface area contributed by atoms with Crippen LogP contribution in [0.3, 0.4) is 0 Å². The Kier molecular flexibility index (Phi) is 4.32. The fourth-order valence-electron chi connectivity index (χ4n) is 2.94. The predicted octanol–water partition coefficient (Wildman–Crippen LogP) is 3.35. The number of non-ortho nitro benzene ring substituents is 1. The maximum atomic E-state index is 13.0. The molecular formula is C19H14N2O6. The minimum absolute atomic E-state index is 0.0182. The highest BCUT2D eigenvalue weighted by atomic mass is 16.6. The van der Waals surface area contributed by atoms with Crippen molar-refractivity contribution in [2.75, 3.05) is 0 Å². The molecule has 27 heavy (non-hydrogen) atoms. The molecule has 0 aliphatic rings. The van der Waals surface area contributed by atoms with E-state index in [1.54, 1.807) is 0 Å². The van der Waals surface area contributed by atoms with Gasteiger partial charge in [-0.1, -0.05) is 12.1 Å². The second-order valence-electron chi connectivity index (χ2n) is 5.98. The number of ketones is 2. The molecule has 3 rings (SSSR count). The van der Waals surface area contributed by atoms with E-state index in [2.05, 4.69) is 0 Å². The molecule has 8 heteroatoms. The summed E-state index contributed by atoms with van der Waals surface area (Å²) in [4.78, 5) is 46.9. The van der Waals surface area contributed by atoms with Crippen LogP contribution in [0.4, 0.5) is 5.69 Å². The Morgan fingerprint density at radius 1 is 1.04 bits per heavy atom.